The third kappa shape index (κ3) is 2.48. The Morgan fingerprint density at radius 1 is 1.28 bits per heavy atom. The minimum atomic E-state index is -0.473. The van der Waals surface area contributed by atoms with Crippen LogP contribution >= 0.6 is 0 Å². The molecule has 4 heteroatoms. The zero-order chi connectivity index (χ0) is 13.3. The molecule has 0 amide bonds. The number of halogens is 2. The average molecular weight is 254 g/mol. The van der Waals surface area contributed by atoms with E-state index in [-0.39, 0.29) is 11.7 Å². The van der Waals surface area contributed by atoms with Gasteiger partial charge >= 0.3 is 0 Å². The van der Waals surface area contributed by atoms with Crippen molar-refractivity contribution in [2.75, 3.05) is 18.0 Å². The highest BCUT2D eigenvalue weighted by Crippen LogP contribution is 2.33. The van der Waals surface area contributed by atoms with Crippen molar-refractivity contribution < 1.29 is 8.78 Å². The van der Waals surface area contributed by atoms with E-state index in [0.717, 1.165) is 6.42 Å². The summed E-state index contributed by atoms with van der Waals surface area (Å²) in [5, 5.41) is 0. The van der Waals surface area contributed by atoms with Crippen molar-refractivity contribution in [3.05, 3.63) is 29.3 Å². The number of anilines is 1. The van der Waals surface area contributed by atoms with Crippen molar-refractivity contribution in [2.45, 2.75) is 32.7 Å². The van der Waals surface area contributed by atoms with Crippen molar-refractivity contribution in [1.29, 1.82) is 0 Å². The zero-order valence-electron chi connectivity index (χ0n) is 10.9. The second kappa shape index (κ2) is 5.22. The number of nitrogens with zero attached hydrogens (tertiary/aromatic N) is 1. The summed E-state index contributed by atoms with van der Waals surface area (Å²) in [7, 11) is 0. The highest BCUT2D eigenvalue weighted by molar-refractivity contribution is 5.52. The lowest BCUT2D eigenvalue weighted by Gasteiger charge is -2.25. The van der Waals surface area contributed by atoms with E-state index in [4.69, 9.17) is 5.73 Å². The Morgan fingerprint density at radius 2 is 1.89 bits per heavy atom. The minimum absolute atomic E-state index is 0.118. The number of benzene rings is 1. The molecule has 100 valence electrons. The van der Waals surface area contributed by atoms with Gasteiger partial charge in [0.25, 0.3) is 0 Å². The number of hydrogen-bond acceptors (Lipinski definition) is 2. The Balaban J connectivity index is 2.33. The van der Waals surface area contributed by atoms with Gasteiger partial charge in [-0.05, 0) is 49.9 Å². The molecule has 2 N–H and O–H groups in total. The number of rotatable bonds is 3. The van der Waals surface area contributed by atoms with E-state index < -0.39 is 11.6 Å². The summed E-state index contributed by atoms with van der Waals surface area (Å²) in [6.07, 6.45) is 1.48. The van der Waals surface area contributed by atoms with Crippen molar-refractivity contribution in [3.8, 4) is 0 Å². The van der Waals surface area contributed by atoms with E-state index in [1.807, 2.05) is 11.8 Å². The van der Waals surface area contributed by atoms with Crippen LogP contribution in [0.4, 0.5) is 14.5 Å². The molecule has 0 aromatic heterocycles. The van der Waals surface area contributed by atoms with Gasteiger partial charge in [0.15, 0.2) is 0 Å². The largest absolute Gasteiger partial charge is 0.364 e. The van der Waals surface area contributed by atoms with E-state index in [9.17, 15) is 8.78 Å². The topological polar surface area (TPSA) is 29.3 Å². The molecule has 1 aromatic carbocycles. The summed E-state index contributed by atoms with van der Waals surface area (Å²) in [6.45, 7) is 5.23. The smallest absolute Gasteiger partial charge is 0.149 e. The van der Waals surface area contributed by atoms with E-state index in [2.05, 4.69) is 6.92 Å². The van der Waals surface area contributed by atoms with Gasteiger partial charge in [0.1, 0.15) is 17.3 Å². The van der Waals surface area contributed by atoms with Gasteiger partial charge in [-0.25, -0.2) is 8.78 Å². The molecular formula is C14H20F2N2. The van der Waals surface area contributed by atoms with Gasteiger partial charge in [0.2, 0.25) is 0 Å². The normalized spacial score (nSPS) is 23.7. The second-order valence-electron chi connectivity index (χ2n) is 5.29. The van der Waals surface area contributed by atoms with Gasteiger partial charge in [0.05, 0.1) is 0 Å². The lowest BCUT2D eigenvalue weighted by molar-refractivity contribution is 0.564. The lowest BCUT2D eigenvalue weighted by atomic mass is 10.1. The van der Waals surface area contributed by atoms with Crippen molar-refractivity contribution in [2.24, 2.45) is 11.7 Å². The highest BCUT2D eigenvalue weighted by atomic mass is 19.1. The fraction of sp³-hybridized carbons (Fsp3) is 0.571. The van der Waals surface area contributed by atoms with Gasteiger partial charge < -0.3 is 10.6 Å². The van der Waals surface area contributed by atoms with Crippen molar-refractivity contribution in [3.63, 3.8) is 0 Å². The van der Waals surface area contributed by atoms with Crippen LogP contribution < -0.4 is 10.6 Å². The van der Waals surface area contributed by atoms with Crippen LogP contribution in [0.2, 0.25) is 0 Å². The molecule has 2 unspecified atom stereocenters. The molecule has 0 spiro atoms. The maximum atomic E-state index is 14.1. The second-order valence-corrected chi connectivity index (χ2v) is 5.29. The maximum Gasteiger partial charge on any atom is 0.149 e. The molecule has 2 rings (SSSR count). The molecule has 1 aliphatic rings. The Kier molecular flexibility index (Phi) is 3.85. The molecule has 1 aliphatic heterocycles. The molecule has 0 aliphatic carbocycles. The molecule has 1 fully saturated rings. The van der Waals surface area contributed by atoms with Crippen LogP contribution in [-0.4, -0.2) is 19.1 Å². The van der Waals surface area contributed by atoms with Crippen LogP contribution in [0.1, 0.15) is 25.8 Å². The van der Waals surface area contributed by atoms with Gasteiger partial charge in [-0.3, -0.25) is 0 Å². The van der Waals surface area contributed by atoms with Gasteiger partial charge in [-0.15, -0.1) is 0 Å². The monoisotopic (exact) mass is 254 g/mol. The Labute approximate surface area is 107 Å². The fourth-order valence-corrected chi connectivity index (χ4v) is 2.81. The van der Waals surface area contributed by atoms with Crippen LogP contribution in [-0.2, 0) is 6.42 Å². The van der Waals surface area contributed by atoms with Crippen LogP contribution in [0, 0.1) is 17.6 Å². The van der Waals surface area contributed by atoms with E-state index in [0.29, 0.717) is 31.0 Å². The molecular weight excluding hydrogens is 234 g/mol. The summed E-state index contributed by atoms with van der Waals surface area (Å²) in [4.78, 5) is 1.83. The van der Waals surface area contributed by atoms with Crippen LogP contribution in [0.3, 0.4) is 0 Å². The molecule has 2 nitrogen and oxygen atoms in total. The Bertz CT molecular complexity index is 411. The Morgan fingerprint density at radius 3 is 2.33 bits per heavy atom. The summed E-state index contributed by atoms with van der Waals surface area (Å²) in [6, 6.07) is 2.99. The quantitative estimate of drug-likeness (QED) is 0.898. The summed E-state index contributed by atoms with van der Waals surface area (Å²) >= 11 is 0. The molecule has 2 atom stereocenters. The molecule has 0 radical (unpaired) electrons. The predicted molar refractivity (Wildman–Crippen MR) is 69.7 cm³/mol. The molecule has 0 bridgehead atoms. The average Bonchev–Trinajstić information content (AvgIpc) is 2.57. The number of hydrogen-bond donors (Lipinski definition) is 1. The summed E-state index contributed by atoms with van der Waals surface area (Å²) in [5.74, 6) is -0.471. The minimum Gasteiger partial charge on any atom is -0.364 e. The molecule has 0 saturated carbocycles. The third-order valence-corrected chi connectivity index (χ3v) is 3.58. The van der Waals surface area contributed by atoms with Crippen LogP contribution in [0.25, 0.3) is 0 Å². The maximum absolute atomic E-state index is 14.1. The van der Waals surface area contributed by atoms with Gasteiger partial charge in [0, 0.05) is 12.6 Å². The summed E-state index contributed by atoms with van der Waals surface area (Å²) in [5.41, 5.74) is 6.15. The standard InChI is InChI=1S/C14H20F2N2/c1-9-5-10(2)18(8-9)14-12(15)6-11(3-4-17)7-13(14)16/h6-7,9-10H,3-5,8,17H2,1-2H3. The van der Waals surface area contributed by atoms with Crippen LogP contribution in [0.5, 0.6) is 0 Å². The van der Waals surface area contributed by atoms with Crippen molar-refractivity contribution in [1.82, 2.24) is 0 Å². The highest BCUT2D eigenvalue weighted by Gasteiger charge is 2.30. The lowest BCUT2D eigenvalue weighted by Crippen LogP contribution is -2.28. The third-order valence-electron chi connectivity index (χ3n) is 3.58. The first-order valence-electron chi connectivity index (χ1n) is 6.47. The number of nitrogens with two attached hydrogens (primary N) is 1. The van der Waals surface area contributed by atoms with E-state index in [1.165, 1.54) is 12.1 Å². The fourth-order valence-electron chi connectivity index (χ4n) is 2.81. The van der Waals surface area contributed by atoms with E-state index >= 15 is 0 Å². The zero-order valence-corrected chi connectivity index (χ0v) is 10.9. The molecule has 1 heterocycles. The summed E-state index contributed by atoms with van der Waals surface area (Å²) < 4.78 is 28.1. The SMILES string of the molecule is CC1CC(C)N(c2c(F)cc(CCN)cc2F)C1. The first-order chi connectivity index (χ1) is 8.52. The first kappa shape index (κ1) is 13.3. The van der Waals surface area contributed by atoms with Crippen LogP contribution in [0.15, 0.2) is 12.1 Å². The predicted octanol–water partition coefficient (Wildman–Crippen LogP) is 2.70. The molecule has 1 saturated heterocycles. The Hall–Kier alpha value is -1.16. The molecule has 18 heavy (non-hydrogen) atoms. The molecule has 1 aromatic rings. The van der Waals surface area contributed by atoms with Crippen molar-refractivity contribution >= 4 is 5.69 Å². The van der Waals surface area contributed by atoms with Gasteiger partial charge in [-0.2, -0.15) is 0 Å². The van der Waals surface area contributed by atoms with E-state index in [1.54, 1.807) is 0 Å². The van der Waals surface area contributed by atoms with Gasteiger partial charge in [-0.1, -0.05) is 6.92 Å². The first-order valence-corrected chi connectivity index (χ1v) is 6.47.